The average molecular weight is 307 g/mol. The van der Waals surface area contributed by atoms with Crippen molar-refractivity contribution in [3.05, 3.63) is 48.0 Å². The number of esters is 1. The summed E-state index contributed by atoms with van der Waals surface area (Å²) in [6.45, 7) is 0. The first kappa shape index (κ1) is 13.1. The highest BCUT2D eigenvalue weighted by Gasteiger charge is 2.20. The van der Waals surface area contributed by atoms with E-state index in [1.54, 1.807) is 0 Å². The second kappa shape index (κ2) is 6.01. The maximum atomic E-state index is 11.8. The summed E-state index contributed by atoms with van der Waals surface area (Å²) in [5.41, 5.74) is 1.01. The van der Waals surface area contributed by atoms with Crippen molar-refractivity contribution in [3.8, 4) is 0 Å². The predicted molar refractivity (Wildman–Crippen MR) is 77.1 cm³/mol. The van der Waals surface area contributed by atoms with Gasteiger partial charge in [0.1, 0.15) is 0 Å². The molecule has 2 nitrogen and oxygen atoms in total. The number of rotatable bonds is 4. The molecule has 0 bridgehead atoms. The lowest BCUT2D eigenvalue weighted by Crippen LogP contribution is -2.14. The Morgan fingerprint density at radius 2 is 1.94 bits per heavy atom. The van der Waals surface area contributed by atoms with Crippen LogP contribution in [0.2, 0.25) is 0 Å². The van der Waals surface area contributed by atoms with Gasteiger partial charge in [0.15, 0.2) is 0 Å². The molecule has 2 rings (SSSR count). The Morgan fingerprint density at radius 1 is 1.22 bits per heavy atom. The summed E-state index contributed by atoms with van der Waals surface area (Å²) in [4.78, 5) is 11.8. The van der Waals surface area contributed by atoms with E-state index in [2.05, 4.69) is 40.2 Å². The second-order valence-electron chi connectivity index (χ2n) is 4.16. The minimum atomic E-state index is -0.195. The number of benzene rings is 2. The molecule has 0 heterocycles. The monoisotopic (exact) mass is 306 g/mol. The summed E-state index contributed by atoms with van der Waals surface area (Å²) in [5, 5.41) is 3.11. The molecule has 0 aliphatic heterocycles. The lowest BCUT2D eigenvalue weighted by molar-refractivity contribution is -0.142. The van der Waals surface area contributed by atoms with E-state index in [1.165, 1.54) is 12.5 Å². The van der Waals surface area contributed by atoms with Gasteiger partial charge in [-0.1, -0.05) is 58.4 Å². The highest BCUT2D eigenvalue weighted by molar-refractivity contribution is 9.09. The van der Waals surface area contributed by atoms with Gasteiger partial charge in [-0.15, -0.1) is 0 Å². The van der Waals surface area contributed by atoms with Crippen LogP contribution in [0.4, 0.5) is 0 Å². The Kier molecular flexibility index (Phi) is 4.37. The molecule has 1 unspecified atom stereocenters. The zero-order valence-electron chi connectivity index (χ0n) is 10.2. The van der Waals surface area contributed by atoms with Crippen molar-refractivity contribution in [1.82, 2.24) is 0 Å². The highest BCUT2D eigenvalue weighted by Crippen LogP contribution is 2.25. The van der Waals surface area contributed by atoms with Gasteiger partial charge in [-0.2, -0.15) is 0 Å². The van der Waals surface area contributed by atoms with Gasteiger partial charge in [0, 0.05) is 5.33 Å². The van der Waals surface area contributed by atoms with E-state index in [9.17, 15) is 4.79 Å². The van der Waals surface area contributed by atoms with Crippen LogP contribution < -0.4 is 0 Å². The van der Waals surface area contributed by atoms with E-state index in [1.807, 2.05) is 18.2 Å². The van der Waals surface area contributed by atoms with Gasteiger partial charge in [-0.25, -0.2) is 0 Å². The molecule has 3 heteroatoms. The number of carbonyl (C=O) groups excluding carboxylic acids is 1. The number of fused-ring (bicyclic) bond motifs is 1. The van der Waals surface area contributed by atoms with Crippen molar-refractivity contribution in [2.75, 3.05) is 12.4 Å². The Hall–Kier alpha value is -1.35. The molecular formula is C15H15BrO2. The van der Waals surface area contributed by atoms with Crippen LogP contribution in [-0.2, 0) is 9.53 Å². The van der Waals surface area contributed by atoms with Gasteiger partial charge in [0.25, 0.3) is 0 Å². The Morgan fingerprint density at radius 3 is 2.61 bits per heavy atom. The first-order valence-corrected chi connectivity index (χ1v) is 7.01. The van der Waals surface area contributed by atoms with Gasteiger partial charge in [0.05, 0.1) is 13.0 Å². The Bertz CT molecular complexity index is 551. The molecule has 0 N–H and O–H groups in total. The maximum absolute atomic E-state index is 11.8. The predicted octanol–water partition coefficient (Wildman–Crippen LogP) is 3.88. The zero-order valence-corrected chi connectivity index (χ0v) is 11.8. The van der Waals surface area contributed by atoms with Crippen LogP contribution >= 0.6 is 15.9 Å². The molecule has 94 valence electrons. The molecule has 0 aliphatic rings. The molecule has 0 aliphatic carbocycles. The van der Waals surface area contributed by atoms with Crippen LogP contribution in [0.3, 0.4) is 0 Å². The molecule has 0 aromatic heterocycles. The average Bonchev–Trinajstić information content (AvgIpc) is 2.43. The van der Waals surface area contributed by atoms with Crippen molar-refractivity contribution in [2.24, 2.45) is 0 Å². The van der Waals surface area contributed by atoms with Crippen LogP contribution in [0, 0.1) is 0 Å². The fourth-order valence-corrected chi connectivity index (χ4v) is 2.55. The van der Waals surface area contributed by atoms with Gasteiger partial charge < -0.3 is 4.74 Å². The third kappa shape index (κ3) is 2.72. The normalized spacial score (nSPS) is 12.3. The van der Waals surface area contributed by atoms with Crippen LogP contribution in [0.5, 0.6) is 0 Å². The topological polar surface area (TPSA) is 26.3 Å². The molecule has 0 spiro atoms. The molecular weight excluding hydrogens is 292 g/mol. The molecule has 2 aromatic rings. The standard InChI is InChI=1S/C15H15BrO2/c1-18-15(17)14(8-9-16)13-7-6-11-4-2-3-5-12(11)10-13/h2-7,10,14H,8-9H2,1H3. The van der Waals surface area contributed by atoms with Gasteiger partial charge in [0.2, 0.25) is 0 Å². The summed E-state index contributed by atoms with van der Waals surface area (Å²) in [7, 11) is 1.44. The smallest absolute Gasteiger partial charge is 0.313 e. The summed E-state index contributed by atoms with van der Waals surface area (Å²) in [5.74, 6) is -0.372. The van der Waals surface area contributed by atoms with E-state index in [0.29, 0.717) is 0 Å². The third-order valence-electron chi connectivity index (χ3n) is 3.06. The third-order valence-corrected chi connectivity index (χ3v) is 3.52. The van der Waals surface area contributed by atoms with Crippen LogP contribution in [0.15, 0.2) is 42.5 Å². The molecule has 0 saturated heterocycles. The quantitative estimate of drug-likeness (QED) is 0.633. The van der Waals surface area contributed by atoms with Crippen molar-refractivity contribution in [1.29, 1.82) is 0 Å². The van der Waals surface area contributed by atoms with Crippen molar-refractivity contribution in [2.45, 2.75) is 12.3 Å². The largest absolute Gasteiger partial charge is 0.469 e. The van der Waals surface area contributed by atoms with Crippen LogP contribution in [0.25, 0.3) is 10.8 Å². The summed E-state index contributed by atoms with van der Waals surface area (Å²) < 4.78 is 4.87. The van der Waals surface area contributed by atoms with Crippen molar-refractivity contribution >= 4 is 32.7 Å². The molecule has 0 saturated carbocycles. The van der Waals surface area contributed by atoms with E-state index in [-0.39, 0.29) is 11.9 Å². The van der Waals surface area contributed by atoms with E-state index in [4.69, 9.17) is 4.74 Å². The van der Waals surface area contributed by atoms with Crippen molar-refractivity contribution < 1.29 is 9.53 Å². The maximum Gasteiger partial charge on any atom is 0.313 e. The highest BCUT2D eigenvalue weighted by atomic mass is 79.9. The lowest BCUT2D eigenvalue weighted by atomic mass is 9.94. The van der Waals surface area contributed by atoms with Crippen LogP contribution in [0.1, 0.15) is 17.9 Å². The Balaban J connectivity index is 2.41. The summed E-state index contributed by atoms with van der Waals surface area (Å²) in [6.07, 6.45) is 0.741. The SMILES string of the molecule is COC(=O)C(CCBr)c1ccc2ccccc2c1. The van der Waals surface area contributed by atoms with E-state index >= 15 is 0 Å². The molecule has 1 atom stereocenters. The van der Waals surface area contributed by atoms with Crippen molar-refractivity contribution in [3.63, 3.8) is 0 Å². The molecule has 2 aromatic carbocycles. The number of alkyl halides is 1. The number of ether oxygens (including phenoxy) is 1. The molecule has 0 amide bonds. The Labute approximate surface area is 115 Å². The minimum absolute atomic E-state index is 0.176. The first-order valence-electron chi connectivity index (χ1n) is 5.88. The van der Waals surface area contributed by atoms with Gasteiger partial charge >= 0.3 is 5.97 Å². The number of methoxy groups -OCH3 is 1. The minimum Gasteiger partial charge on any atom is -0.469 e. The molecule has 18 heavy (non-hydrogen) atoms. The summed E-state index contributed by atoms with van der Waals surface area (Å²) >= 11 is 3.39. The van der Waals surface area contributed by atoms with E-state index < -0.39 is 0 Å². The lowest BCUT2D eigenvalue weighted by Gasteiger charge is -2.14. The first-order chi connectivity index (χ1) is 8.76. The number of hydrogen-bond acceptors (Lipinski definition) is 2. The summed E-state index contributed by atoms with van der Waals surface area (Å²) in [6, 6.07) is 14.3. The van der Waals surface area contributed by atoms with E-state index in [0.717, 1.165) is 22.7 Å². The zero-order chi connectivity index (χ0) is 13.0. The molecule has 0 fully saturated rings. The number of halogens is 1. The fraction of sp³-hybridized carbons (Fsp3) is 0.267. The second-order valence-corrected chi connectivity index (χ2v) is 4.95. The van der Waals surface area contributed by atoms with Crippen LogP contribution in [-0.4, -0.2) is 18.4 Å². The van der Waals surface area contributed by atoms with Gasteiger partial charge in [-0.3, -0.25) is 4.79 Å². The van der Waals surface area contributed by atoms with Gasteiger partial charge in [-0.05, 0) is 22.8 Å². The molecule has 0 radical (unpaired) electrons. The fourth-order valence-electron chi connectivity index (χ4n) is 2.10. The number of hydrogen-bond donors (Lipinski definition) is 0. The number of carbonyl (C=O) groups is 1.